The van der Waals surface area contributed by atoms with E-state index >= 15 is 0 Å². The summed E-state index contributed by atoms with van der Waals surface area (Å²) in [7, 11) is 1.54. The number of nitro benzene ring substituents is 2. The lowest BCUT2D eigenvalue weighted by Gasteiger charge is -2.25. The molecule has 2 aromatic rings. The van der Waals surface area contributed by atoms with Gasteiger partial charge in [0.1, 0.15) is 0 Å². The van der Waals surface area contributed by atoms with Crippen LogP contribution in [0.5, 0.6) is 5.75 Å². The molecule has 0 N–H and O–H groups in total. The molecule has 0 aliphatic heterocycles. The highest BCUT2D eigenvalue weighted by Gasteiger charge is 2.24. The van der Waals surface area contributed by atoms with Crippen molar-refractivity contribution < 1.29 is 19.4 Å². The van der Waals surface area contributed by atoms with E-state index in [9.17, 15) is 25.0 Å². The van der Waals surface area contributed by atoms with Crippen LogP contribution < -0.4 is 4.74 Å². The molecule has 0 unspecified atom stereocenters. The second kappa shape index (κ2) is 8.26. The fourth-order valence-electron chi connectivity index (χ4n) is 2.57. The molecule has 0 radical (unpaired) electrons. The van der Waals surface area contributed by atoms with Crippen LogP contribution in [-0.4, -0.2) is 34.3 Å². The number of amides is 1. The first-order valence-corrected chi connectivity index (χ1v) is 8.19. The van der Waals surface area contributed by atoms with Crippen LogP contribution in [0.1, 0.15) is 35.8 Å². The Morgan fingerprint density at radius 2 is 1.85 bits per heavy atom. The summed E-state index contributed by atoms with van der Waals surface area (Å²) in [6, 6.07) is 9.54. The Balaban J connectivity index is 2.31. The van der Waals surface area contributed by atoms with Crippen LogP contribution in [0.3, 0.4) is 0 Å². The van der Waals surface area contributed by atoms with Gasteiger partial charge in [-0.05, 0) is 31.5 Å². The van der Waals surface area contributed by atoms with E-state index in [0.29, 0.717) is 5.56 Å². The highest BCUT2D eigenvalue weighted by molar-refractivity contribution is 5.95. The molecule has 1 atom stereocenters. The lowest BCUT2D eigenvalue weighted by molar-refractivity contribution is -0.385. The van der Waals surface area contributed by atoms with E-state index in [2.05, 4.69) is 0 Å². The maximum atomic E-state index is 12.8. The van der Waals surface area contributed by atoms with Gasteiger partial charge in [-0.1, -0.05) is 12.1 Å². The average molecular weight is 373 g/mol. The van der Waals surface area contributed by atoms with Crippen molar-refractivity contribution in [3.05, 3.63) is 73.8 Å². The van der Waals surface area contributed by atoms with E-state index in [-0.39, 0.29) is 29.3 Å². The highest BCUT2D eigenvalue weighted by Crippen LogP contribution is 2.30. The molecular formula is C18H19N3O6. The molecule has 0 saturated heterocycles. The summed E-state index contributed by atoms with van der Waals surface area (Å²) in [5, 5.41) is 22.2. The van der Waals surface area contributed by atoms with E-state index in [1.165, 1.54) is 42.3 Å². The molecule has 0 bridgehead atoms. The number of non-ortho nitro benzene ring substituents is 1. The smallest absolute Gasteiger partial charge is 0.311 e. The number of carbonyl (C=O) groups excluding carboxylic acids is 1. The quantitative estimate of drug-likeness (QED) is 0.539. The summed E-state index contributed by atoms with van der Waals surface area (Å²) < 4.78 is 5.22. The van der Waals surface area contributed by atoms with E-state index in [1.54, 1.807) is 26.0 Å². The maximum absolute atomic E-state index is 12.8. The maximum Gasteiger partial charge on any atom is 0.311 e. The molecule has 0 fully saturated rings. The number of nitro groups is 2. The summed E-state index contributed by atoms with van der Waals surface area (Å²) in [6.45, 7) is 3.69. The molecule has 1 amide bonds. The summed E-state index contributed by atoms with van der Waals surface area (Å²) >= 11 is 0. The zero-order chi connectivity index (χ0) is 20.1. The average Bonchev–Trinajstić information content (AvgIpc) is 2.66. The molecule has 142 valence electrons. The van der Waals surface area contributed by atoms with Gasteiger partial charge in [-0.3, -0.25) is 25.0 Å². The third-order valence-corrected chi connectivity index (χ3v) is 4.17. The van der Waals surface area contributed by atoms with E-state index in [1.807, 2.05) is 0 Å². The number of hydrogen-bond acceptors (Lipinski definition) is 6. The van der Waals surface area contributed by atoms with E-state index < -0.39 is 21.8 Å². The summed E-state index contributed by atoms with van der Waals surface area (Å²) in [6.07, 6.45) is 0. The van der Waals surface area contributed by atoms with Gasteiger partial charge in [0.15, 0.2) is 5.75 Å². The first-order chi connectivity index (χ1) is 12.8. The Kier molecular flexibility index (Phi) is 6.07. The normalized spacial score (nSPS) is 11.5. The summed E-state index contributed by atoms with van der Waals surface area (Å²) in [5.41, 5.74) is 0.349. The number of hydrogen-bond donors (Lipinski definition) is 0. The second-order valence-electron chi connectivity index (χ2n) is 5.82. The summed E-state index contributed by atoms with van der Waals surface area (Å²) in [5.74, 6) is -0.353. The SMILES string of the molecule is CCOc1ccc(C(=O)N(C)[C@H](C)c2cccc([N+](=O)[O-])c2)cc1[N+](=O)[O-]. The molecule has 2 rings (SSSR count). The molecule has 0 aromatic heterocycles. The fraction of sp³-hybridized carbons (Fsp3) is 0.278. The molecular weight excluding hydrogens is 354 g/mol. The fourth-order valence-corrected chi connectivity index (χ4v) is 2.57. The van der Waals surface area contributed by atoms with Gasteiger partial charge in [-0.15, -0.1) is 0 Å². The third kappa shape index (κ3) is 4.38. The lowest BCUT2D eigenvalue weighted by atomic mass is 10.1. The topological polar surface area (TPSA) is 116 Å². The van der Waals surface area contributed by atoms with Crippen molar-refractivity contribution in [1.82, 2.24) is 4.90 Å². The first kappa shape index (κ1) is 19.8. The Labute approximate surface area is 155 Å². The molecule has 0 aliphatic carbocycles. The monoisotopic (exact) mass is 373 g/mol. The summed E-state index contributed by atoms with van der Waals surface area (Å²) in [4.78, 5) is 35.2. The predicted octanol–water partition coefficient (Wildman–Crippen LogP) is 3.73. The number of carbonyl (C=O) groups is 1. The van der Waals surface area contributed by atoms with Gasteiger partial charge >= 0.3 is 5.69 Å². The zero-order valence-electron chi connectivity index (χ0n) is 15.1. The van der Waals surface area contributed by atoms with Crippen molar-refractivity contribution in [1.29, 1.82) is 0 Å². The lowest BCUT2D eigenvalue weighted by Crippen LogP contribution is -2.29. The molecule has 0 aliphatic rings. The Hall–Kier alpha value is -3.49. The largest absolute Gasteiger partial charge is 0.487 e. The minimum atomic E-state index is -0.605. The van der Waals surface area contributed by atoms with Gasteiger partial charge in [-0.2, -0.15) is 0 Å². The van der Waals surface area contributed by atoms with Crippen molar-refractivity contribution in [2.45, 2.75) is 19.9 Å². The van der Waals surface area contributed by atoms with Gasteiger partial charge in [0.25, 0.3) is 11.6 Å². The van der Waals surface area contributed by atoms with E-state index in [4.69, 9.17) is 4.74 Å². The first-order valence-electron chi connectivity index (χ1n) is 8.19. The zero-order valence-corrected chi connectivity index (χ0v) is 15.1. The Bertz CT molecular complexity index is 883. The number of nitrogens with zero attached hydrogens (tertiary/aromatic N) is 3. The third-order valence-electron chi connectivity index (χ3n) is 4.17. The van der Waals surface area contributed by atoms with Crippen molar-refractivity contribution in [3.8, 4) is 5.75 Å². The van der Waals surface area contributed by atoms with E-state index in [0.717, 1.165) is 0 Å². The van der Waals surface area contributed by atoms with Gasteiger partial charge < -0.3 is 9.64 Å². The van der Waals surface area contributed by atoms with Gasteiger partial charge in [0.2, 0.25) is 0 Å². The number of ether oxygens (including phenoxy) is 1. The number of benzene rings is 2. The molecule has 2 aromatic carbocycles. The molecule has 9 heteroatoms. The molecule has 27 heavy (non-hydrogen) atoms. The molecule has 0 heterocycles. The van der Waals surface area contributed by atoms with Gasteiger partial charge in [0, 0.05) is 30.8 Å². The van der Waals surface area contributed by atoms with Crippen molar-refractivity contribution in [2.24, 2.45) is 0 Å². The molecule has 0 saturated carbocycles. The standard InChI is InChI=1S/C18H19N3O6/c1-4-27-17-9-8-14(11-16(17)21(25)26)18(22)19(3)12(2)13-6-5-7-15(10-13)20(23)24/h5-12H,4H2,1-3H3/t12-/m1/s1. The number of rotatable bonds is 7. The van der Waals surface area contributed by atoms with Crippen molar-refractivity contribution >= 4 is 17.3 Å². The van der Waals surface area contributed by atoms with Crippen LogP contribution >= 0.6 is 0 Å². The Morgan fingerprint density at radius 1 is 1.15 bits per heavy atom. The molecule has 0 spiro atoms. The minimum Gasteiger partial charge on any atom is -0.487 e. The minimum absolute atomic E-state index is 0.0723. The van der Waals surface area contributed by atoms with Crippen LogP contribution in [0.25, 0.3) is 0 Å². The van der Waals surface area contributed by atoms with Crippen LogP contribution in [0.15, 0.2) is 42.5 Å². The second-order valence-corrected chi connectivity index (χ2v) is 5.82. The van der Waals surface area contributed by atoms with Gasteiger partial charge in [0.05, 0.1) is 22.5 Å². The van der Waals surface area contributed by atoms with Crippen LogP contribution in [0.2, 0.25) is 0 Å². The van der Waals surface area contributed by atoms with Crippen molar-refractivity contribution in [2.75, 3.05) is 13.7 Å². The van der Waals surface area contributed by atoms with Crippen LogP contribution in [0.4, 0.5) is 11.4 Å². The van der Waals surface area contributed by atoms with Gasteiger partial charge in [-0.25, -0.2) is 0 Å². The molecule has 9 nitrogen and oxygen atoms in total. The highest BCUT2D eigenvalue weighted by atomic mass is 16.6. The Morgan fingerprint density at radius 3 is 2.44 bits per heavy atom. The van der Waals surface area contributed by atoms with Crippen molar-refractivity contribution in [3.63, 3.8) is 0 Å². The van der Waals surface area contributed by atoms with Crippen LogP contribution in [-0.2, 0) is 0 Å². The predicted molar refractivity (Wildman–Crippen MR) is 97.9 cm³/mol. The van der Waals surface area contributed by atoms with Crippen LogP contribution in [0, 0.1) is 20.2 Å².